The summed E-state index contributed by atoms with van der Waals surface area (Å²) in [7, 11) is 0. The van der Waals surface area contributed by atoms with E-state index in [2.05, 4.69) is 78.8 Å². The number of guanidine groups is 1. The van der Waals surface area contributed by atoms with Crippen LogP contribution in [0.3, 0.4) is 0 Å². The van der Waals surface area contributed by atoms with Crippen molar-refractivity contribution in [3.63, 3.8) is 0 Å². The third-order valence-electron chi connectivity index (χ3n) is 13.8. The second-order valence-corrected chi connectivity index (χ2v) is 21.8. The van der Waals surface area contributed by atoms with E-state index >= 15 is 0 Å². The van der Waals surface area contributed by atoms with E-state index in [-0.39, 0.29) is 82.8 Å². The van der Waals surface area contributed by atoms with Crippen LogP contribution in [0.25, 0.3) is 0 Å². The number of rotatable bonds is 42. The van der Waals surface area contributed by atoms with Gasteiger partial charge in [-0.15, -0.1) is 0 Å². The molecule has 1 saturated heterocycles. The molecule has 0 saturated carbocycles. The van der Waals surface area contributed by atoms with Crippen LogP contribution in [0.1, 0.15) is 99.7 Å². The molecule has 1 aromatic rings. The second kappa shape index (κ2) is 42.1. The molecule has 0 aliphatic carbocycles. The monoisotopic (exact) mass is 1300 g/mol. The number of nitrogens with zero attached hydrogens (tertiary/aromatic N) is 3. The molecule has 2 aliphatic heterocycles. The number of hydrogen-bond donors (Lipinski definition) is 18. The van der Waals surface area contributed by atoms with Crippen molar-refractivity contribution in [2.24, 2.45) is 43.8 Å². The fourth-order valence-electron chi connectivity index (χ4n) is 9.01. The molecular formula is C57H91N19O16. The first-order valence-electron chi connectivity index (χ1n) is 31.2. The van der Waals surface area contributed by atoms with Crippen molar-refractivity contribution in [3.05, 3.63) is 35.9 Å². The Morgan fingerprint density at radius 3 is 1.76 bits per heavy atom. The van der Waals surface area contributed by atoms with Crippen LogP contribution < -0.4 is 86.7 Å². The van der Waals surface area contributed by atoms with Crippen LogP contribution in [0, 0.1) is 5.92 Å². The lowest BCUT2D eigenvalue weighted by Crippen LogP contribution is -2.58. The van der Waals surface area contributed by atoms with E-state index in [1.165, 1.54) is 12.6 Å². The highest BCUT2D eigenvalue weighted by Crippen LogP contribution is 2.12. The van der Waals surface area contributed by atoms with Crippen LogP contribution in [0.5, 0.6) is 0 Å². The highest BCUT2D eigenvalue weighted by molar-refractivity contribution is 5.99. The number of ether oxygens (including phenoxy) is 1. The molecule has 2 aliphatic rings. The zero-order chi connectivity index (χ0) is 69.9. The molecule has 2 heterocycles. The molecule has 92 heavy (non-hydrogen) atoms. The fraction of sp³-hybridized carbons (Fsp3) is 0.614. The van der Waals surface area contributed by atoms with Crippen LogP contribution in [0.15, 0.2) is 45.3 Å². The average Bonchev–Trinajstić information content (AvgIpc) is 3.36. The third-order valence-corrected chi connectivity index (χ3v) is 13.8. The summed E-state index contributed by atoms with van der Waals surface area (Å²) in [5.41, 5.74) is 22.4. The Bertz CT molecular complexity index is 2820. The van der Waals surface area contributed by atoms with Gasteiger partial charge >= 0.3 is 11.9 Å². The second-order valence-electron chi connectivity index (χ2n) is 21.8. The first kappa shape index (κ1) is 73.7. The normalized spacial score (nSPS) is 17.9. The minimum atomic E-state index is -1.73. The van der Waals surface area contributed by atoms with E-state index in [0.29, 0.717) is 18.4 Å². The number of aliphatic hydroxyl groups is 2. The average molecular weight is 1300 g/mol. The summed E-state index contributed by atoms with van der Waals surface area (Å²) in [6, 6.07) is -3.35. The molecule has 0 bridgehead atoms. The number of benzene rings is 1. The molecule has 12 atom stereocenters. The topological polar surface area (TPSA) is 557 Å². The quantitative estimate of drug-likeness (QED) is 0.00950. The number of β-amino-alcohol motifs (C(OH)–C–C–N with tert-alkyl or cyclic N) is 1. The maximum absolute atomic E-state index is 14.2. The molecule has 11 amide bonds. The summed E-state index contributed by atoms with van der Waals surface area (Å²) in [5, 5.41) is 49.4. The minimum Gasteiger partial charge on any atom is -0.394 e. The number of carbonyl (C=O) groups excluding carboxylic acids is 13. The summed E-state index contributed by atoms with van der Waals surface area (Å²) < 4.78 is 20.8. The number of esters is 2. The lowest BCUT2D eigenvalue weighted by molar-refractivity contribution is -0.162. The lowest BCUT2D eigenvalue weighted by atomic mass is 10.0. The van der Waals surface area contributed by atoms with E-state index < -0.39 is 190 Å². The standard InChI is InChI=1S/C57H91N19O16/c1-4-5-14-38(70-45(80)26-67-51(86)39-22-35(78)25-64-39)53(88)74-36(15-9-10-17-58)49(84)65-28-47(82)72-41(21-34-24-62-31-69-34)55(90)75-37(16-11-18-63-57(60)61)50(85)66-27-46(81)71-40(20-33-12-7-6-8-13-33)54(89)76-43(30-77)52(87)68-29-48(83)92-56(91)42(19-32(2)3)73-44(79)23-59/h6-8,12-13,24,31-32,34-43,64,77-78H,4-5,9-11,14-23,25-30,58-59H2,1-3H3,(H,65,84)(H,66,85)(H,67,86)(H,68,87)(H,70,80)(H,71,81)(H,72,82)(H,73,79)(H,74,88)(H,75,90)(H,76,89)(H4,60,61,63)/t34?,35-,36+,37+,38+,39+,40+,41+,42+,43+/m1/s1/i10T,17T/t10?,17?,34?,35-,36+,37+,38+,39+,40+,41+,42+,43+. The van der Waals surface area contributed by atoms with Crippen LogP contribution in [-0.4, -0.2) is 225 Å². The van der Waals surface area contributed by atoms with Gasteiger partial charge in [0.05, 0.1) is 51.0 Å². The predicted octanol–water partition coefficient (Wildman–Crippen LogP) is -7.88. The van der Waals surface area contributed by atoms with Gasteiger partial charge in [-0.2, -0.15) is 0 Å². The molecule has 22 N–H and O–H groups in total. The number of unbranched alkanes of at least 4 members (excludes halogenated alkanes) is 1. The van der Waals surface area contributed by atoms with Gasteiger partial charge < -0.3 is 102 Å². The summed E-state index contributed by atoms with van der Waals surface area (Å²) >= 11 is 0. The van der Waals surface area contributed by atoms with Crippen molar-refractivity contribution in [2.75, 3.05) is 58.9 Å². The van der Waals surface area contributed by atoms with Crippen LogP contribution in [0.2, 0.25) is 0 Å². The number of aliphatic hydroxyl groups excluding tert-OH is 2. The lowest BCUT2D eigenvalue weighted by Gasteiger charge is -2.25. The molecule has 0 aromatic heterocycles. The number of nitrogens with two attached hydrogens (primary N) is 4. The molecule has 1 aromatic carbocycles. The van der Waals surface area contributed by atoms with Crippen molar-refractivity contribution in [1.82, 2.24) is 63.8 Å². The minimum absolute atomic E-state index is 0.0309. The molecule has 1 fully saturated rings. The number of aliphatic imine (C=N–C) groups is 3. The Balaban J connectivity index is 1.75. The van der Waals surface area contributed by atoms with Gasteiger partial charge in [-0.25, -0.2) is 14.6 Å². The molecule has 35 nitrogen and oxygen atoms in total. The van der Waals surface area contributed by atoms with E-state index in [4.69, 9.17) is 30.4 Å². The Morgan fingerprint density at radius 1 is 0.674 bits per heavy atom. The van der Waals surface area contributed by atoms with E-state index in [1.807, 2.05) is 6.92 Å². The molecule has 3 rings (SSSR count). The summed E-state index contributed by atoms with van der Waals surface area (Å²) in [5.74, 6) is -12.4. The maximum Gasteiger partial charge on any atom is 0.336 e. The highest BCUT2D eigenvalue weighted by atomic mass is 16.6. The van der Waals surface area contributed by atoms with Crippen molar-refractivity contribution >= 4 is 95.4 Å². The van der Waals surface area contributed by atoms with E-state index in [9.17, 15) is 72.5 Å². The van der Waals surface area contributed by atoms with Gasteiger partial charge in [0.2, 0.25) is 65.0 Å². The van der Waals surface area contributed by atoms with Gasteiger partial charge in [-0.3, -0.25) is 62.7 Å². The third kappa shape index (κ3) is 30.2. The largest absolute Gasteiger partial charge is 0.394 e. The molecule has 0 radical (unpaired) electrons. The zero-order valence-corrected chi connectivity index (χ0v) is 51.7. The van der Waals surface area contributed by atoms with Gasteiger partial charge in [0, 0.05) is 34.9 Å². The Hall–Kier alpha value is -9.06. The molecule has 35 heteroatoms. The first-order chi connectivity index (χ1) is 44.6. The Morgan fingerprint density at radius 2 is 1.21 bits per heavy atom. The Kier molecular flexibility index (Phi) is 33.7. The highest BCUT2D eigenvalue weighted by Gasteiger charge is 2.34. The summed E-state index contributed by atoms with van der Waals surface area (Å²) in [6.45, 7) is -0.392. The predicted molar refractivity (Wildman–Crippen MR) is 333 cm³/mol. The zero-order valence-electron chi connectivity index (χ0n) is 53.7. The number of hydrogen-bond acceptors (Lipinski definition) is 22. The van der Waals surface area contributed by atoms with E-state index in [0.717, 1.165) is 0 Å². The van der Waals surface area contributed by atoms with Gasteiger partial charge in [-0.05, 0) is 69.3 Å². The van der Waals surface area contributed by atoms with Gasteiger partial charge in [0.25, 0.3) is 0 Å². The first-order valence-corrected chi connectivity index (χ1v) is 30.0. The van der Waals surface area contributed by atoms with Gasteiger partial charge in [0.15, 0.2) is 5.96 Å². The summed E-state index contributed by atoms with van der Waals surface area (Å²) in [6.07, 6.45) is 1.05. The van der Waals surface area contributed by atoms with Crippen LogP contribution >= 0.6 is 0 Å². The van der Waals surface area contributed by atoms with Crippen molar-refractivity contribution in [2.45, 2.75) is 158 Å². The number of amides is 11. The van der Waals surface area contributed by atoms with Crippen LogP contribution in [-0.2, 0) is 73.5 Å². The SMILES string of the molecule is [3H]C(N)C([3H])CC[C@H](NC(=O)[C@H](CCCC)NC(=O)CNC(=O)[C@@H]1C[C@@H](O)CN1)C(=O)NCC(=O)N[C@@H](CC1C=NC=N1)C(=O)N[C@@H](CCCN=C(N)N)C(=O)NCC(=O)N[C@@H](Cc1ccccc1)C(=O)N[C@@H](CO)C(=O)NCC(=O)OC(=O)[C@H](CC(C)C)NC(=O)CN. The van der Waals surface area contributed by atoms with Crippen molar-refractivity contribution in [1.29, 1.82) is 0 Å². The number of carbonyl (C=O) groups is 13. The Labute approximate surface area is 534 Å². The maximum atomic E-state index is 14.2. The molecule has 510 valence electrons. The molecular weight excluding hydrogens is 1210 g/mol. The smallest absolute Gasteiger partial charge is 0.336 e. The van der Waals surface area contributed by atoms with E-state index in [1.54, 1.807) is 44.2 Å². The van der Waals surface area contributed by atoms with Crippen molar-refractivity contribution in [3.8, 4) is 0 Å². The summed E-state index contributed by atoms with van der Waals surface area (Å²) in [4.78, 5) is 185. The molecule has 3 unspecified atom stereocenters. The fourth-order valence-corrected chi connectivity index (χ4v) is 9.01. The van der Waals surface area contributed by atoms with Crippen molar-refractivity contribution < 1.29 is 80.0 Å². The van der Waals surface area contributed by atoms with Crippen LogP contribution in [0.4, 0.5) is 0 Å². The van der Waals surface area contributed by atoms with Gasteiger partial charge in [0.1, 0.15) is 55.2 Å². The number of nitrogens with one attached hydrogen (secondary N) is 12. The van der Waals surface area contributed by atoms with Gasteiger partial charge in [-0.1, -0.05) is 63.9 Å². The molecule has 0 spiro atoms.